The fourth-order valence-corrected chi connectivity index (χ4v) is 2.26. The number of hydrogen-bond donors (Lipinski definition) is 3. The van der Waals surface area contributed by atoms with Gasteiger partial charge in [-0.25, -0.2) is 0 Å². The highest BCUT2D eigenvalue weighted by Gasteiger charge is 2.32. The van der Waals surface area contributed by atoms with Crippen LogP contribution < -0.4 is 16.4 Å². The van der Waals surface area contributed by atoms with E-state index in [1.807, 2.05) is 0 Å². The number of nitro groups is 1. The average molecular weight is 331 g/mol. The van der Waals surface area contributed by atoms with Gasteiger partial charge in [-0.2, -0.15) is 0 Å². The SMILES string of the molecule is CC(=O)C1=C(C(N)=O)Nc2cc(Cl)c(Cl)c([N+](=O)[O-])c2N1. The normalized spacial score (nSPS) is 13.1. The number of Topliss-reactive ketones (excluding diaryl/α,β-unsaturated/α-hetero) is 1. The van der Waals surface area contributed by atoms with Crippen molar-refractivity contribution in [1.82, 2.24) is 0 Å². The summed E-state index contributed by atoms with van der Waals surface area (Å²) < 4.78 is 0. The van der Waals surface area contributed by atoms with E-state index in [4.69, 9.17) is 28.9 Å². The maximum atomic E-state index is 11.6. The summed E-state index contributed by atoms with van der Waals surface area (Å²) in [6, 6.07) is 1.29. The van der Waals surface area contributed by atoms with Crippen LogP contribution in [0.4, 0.5) is 17.1 Å². The lowest BCUT2D eigenvalue weighted by molar-refractivity contribution is -0.383. The average Bonchev–Trinajstić information content (AvgIpc) is 2.38. The van der Waals surface area contributed by atoms with Crippen molar-refractivity contribution >= 4 is 52.0 Å². The Balaban J connectivity index is 2.71. The van der Waals surface area contributed by atoms with Gasteiger partial charge in [0.15, 0.2) is 5.78 Å². The van der Waals surface area contributed by atoms with Crippen molar-refractivity contribution in [3.63, 3.8) is 0 Å². The molecule has 1 heterocycles. The quantitative estimate of drug-likeness (QED) is 0.574. The second-order valence-corrected chi connectivity index (χ2v) is 4.91. The predicted molar refractivity (Wildman–Crippen MR) is 77.3 cm³/mol. The van der Waals surface area contributed by atoms with Crippen LogP contribution in [0.5, 0.6) is 0 Å². The van der Waals surface area contributed by atoms with Gasteiger partial charge < -0.3 is 16.4 Å². The number of nitrogens with zero attached hydrogens (tertiary/aromatic N) is 1. The van der Waals surface area contributed by atoms with Crippen LogP contribution in [0.2, 0.25) is 10.0 Å². The van der Waals surface area contributed by atoms with E-state index >= 15 is 0 Å². The Morgan fingerprint density at radius 3 is 2.38 bits per heavy atom. The summed E-state index contributed by atoms with van der Waals surface area (Å²) >= 11 is 11.6. The van der Waals surface area contributed by atoms with E-state index in [0.29, 0.717) is 0 Å². The Morgan fingerprint density at radius 1 is 1.29 bits per heavy atom. The Labute approximate surface area is 128 Å². The summed E-state index contributed by atoms with van der Waals surface area (Å²) in [6.07, 6.45) is 0. The summed E-state index contributed by atoms with van der Waals surface area (Å²) in [5.41, 5.74) is 4.33. The molecule has 1 aromatic rings. The minimum absolute atomic E-state index is 0.0652. The van der Waals surface area contributed by atoms with Crippen molar-refractivity contribution in [2.75, 3.05) is 10.6 Å². The van der Waals surface area contributed by atoms with Crippen molar-refractivity contribution in [3.8, 4) is 0 Å². The Kier molecular flexibility index (Phi) is 3.75. The maximum absolute atomic E-state index is 11.6. The molecule has 0 unspecified atom stereocenters. The van der Waals surface area contributed by atoms with Crippen LogP contribution in [0.25, 0.3) is 0 Å². The summed E-state index contributed by atoms with van der Waals surface area (Å²) in [6.45, 7) is 1.18. The number of nitrogens with two attached hydrogens (primary N) is 1. The highest BCUT2D eigenvalue weighted by molar-refractivity contribution is 6.44. The summed E-state index contributed by atoms with van der Waals surface area (Å²) in [5, 5.41) is 15.9. The number of allylic oxidation sites excluding steroid dienone is 1. The van der Waals surface area contributed by atoms with Crippen LogP contribution >= 0.6 is 23.2 Å². The molecule has 10 heteroatoms. The number of benzene rings is 1. The first kappa shape index (κ1) is 15.1. The van der Waals surface area contributed by atoms with Crippen LogP contribution in [-0.4, -0.2) is 16.6 Å². The van der Waals surface area contributed by atoms with Crippen molar-refractivity contribution in [1.29, 1.82) is 0 Å². The lowest BCUT2D eigenvalue weighted by atomic mass is 10.1. The van der Waals surface area contributed by atoms with Gasteiger partial charge in [0.05, 0.1) is 15.6 Å². The highest BCUT2D eigenvalue weighted by atomic mass is 35.5. The van der Waals surface area contributed by atoms with Crippen LogP contribution in [0.15, 0.2) is 17.5 Å². The lowest BCUT2D eigenvalue weighted by Crippen LogP contribution is -2.30. The number of carbonyl (C=O) groups excluding carboxylic acids is 2. The van der Waals surface area contributed by atoms with E-state index in [9.17, 15) is 19.7 Å². The second kappa shape index (κ2) is 5.23. The first-order valence-corrected chi connectivity index (χ1v) is 6.25. The van der Waals surface area contributed by atoms with Crippen LogP contribution in [0.3, 0.4) is 0 Å². The van der Waals surface area contributed by atoms with E-state index < -0.39 is 22.3 Å². The molecule has 0 spiro atoms. The Hall–Kier alpha value is -2.32. The maximum Gasteiger partial charge on any atom is 0.314 e. The monoisotopic (exact) mass is 330 g/mol. The summed E-state index contributed by atoms with van der Waals surface area (Å²) in [5.74, 6) is -1.42. The fourth-order valence-electron chi connectivity index (χ4n) is 1.84. The molecular weight excluding hydrogens is 323 g/mol. The fraction of sp³-hybridized carbons (Fsp3) is 0.0909. The van der Waals surface area contributed by atoms with Gasteiger partial charge in [-0.05, 0) is 6.07 Å². The number of anilines is 2. The zero-order chi connectivity index (χ0) is 15.9. The number of rotatable bonds is 3. The molecule has 4 N–H and O–H groups in total. The predicted octanol–water partition coefficient (Wildman–Crippen LogP) is 2.02. The molecule has 0 saturated carbocycles. The Bertz CT molecular complexity index is 729. The van der Waals surface area contributed by atoms with Gasteiger partial charge in [-0.15, -0.1) is 0 Å². The number of carbonyl (C=O) groups is 2. The number of ketones is 1. The van der Waals surface area contributed by atoms with Gasteiger partial charge in [0.1, 0.15) is 22.1 Å². The van der Waals surface area contributed by atoms with E-state index in [1.54, 1.807) is 0 Å². The summed E-state index contributed by atoms with van der Waals surface area (Å²) in [4.78, 5) is 33.3. The lowest BCUT2D eigenvalue weighted by Gasteiger charge is -2.23. The molecule has 1 aliphatic rings. The molecule has 0 saturated heterocycles. The van der Waals surface area contributed by atoms with Crippen molar-refractivity contribution in [2.24, 2.45) is 5.73 Å². The van der Waals surface area contributed by atoms with Gasteiger partial charge >= 0.3 is 5.69 Å². The summed E-state index contributed by atoms with van der Waals surface area (Å²) in [7, 11) is 0. The van der Waals surface area contributed by atoms with E-state index in [-0.39, 0.29) is 32.8 Å². The van der Waals surface area contributed by atoms with Crippen LogP contribution in [0.1, 0.15) is 6.92 Å². The first-order valence-electron chi connectivity index (χ1n) is 5.49. The third-order valence-corrected chi connectivity index (χ3v) is 3.51. The third kappa shape index (κ3) is 2.50. The molecule has 2 rings (SSSR count). The van der Waals surface area contributed by atoms with Gasteiger partial charge in [-0.3, -0.25) is 19.7 Å². The van der Waals surface area contributed by atoms with E-state index in [2.05, 4.69) is 10.6 Å². The molecular formula is C11H8Cl2N4O4. The molecule has 1 aliphatic heterocycles. The number of primary amides is 1. The number of hydrogen-bond acceptors (Lipinski definition) is 6. The Morgan fingerprint density at radius 2 is 1.90 bits per heavy atom. The molecule has 0 aliphatic carbocycles. The largest absolute Gasteiger partial charge is 0.364 e. The van der Waals surface area contributed by atoms with Crippen molar-refractivity contribution in [2.45, 2.75) is 6.92 Å². The number of nitrogens with one attached hydrogen (secondary N) is 2. The zero-order valence-corrected chi connectivity index (χ0v) is 12.0. The van der Waals surface area contributed by atoms with Gasteiger partial charge in [0, 0.05) is 6.92 Å². The first-order chi connectivity index (χ1) is 9.73. The van der Waals surface area contributed by atoms with Crippen LogP contribution in [-0.2, 0) is 9.59 Å². The standard InChI is InChI=1S/C11H8Cl2N4O4/c1-3(18)7-9(11(14)19)15-5-2-4(12)6(13)10(17(20)21)8(5)16-7/h2,15-16H,1H3,(H2,14,19). The minimum atomic E-state index is -0.896. The molecule has 0 aromatic heterocycles. The topological polar surface area (TPSA) is 127 Å². The third-order valence-electron chi connectivity index (χ3n) is 2.74. The zero-order valence-electron chi connectivity index (χ0n) is 10.5. The highest BCUT2D eigenvalue weighted by Crippen LogP contribution is 2.46. The second-order valence-electron chi connectivity index (χ2n) is 4.12. The molecule has 0 fully saturated rings. The number of fused-ring (bicyclic) bond motifs is 1. The van der Waals surface area contributed by atoms with E-state index in [1.165, 1.54) is 13.0 Å². The van der Waals surface area contributed by atoms with Gasteiger partial charge in [0.2, 0.25) is 0 Å². The molecule has 0 atom stereocenters. The molecule has 21 heavy (non-hydrogen) atoms. The van der Waals surface area contributed by atoms with E-state index in [0.717, 1.165) is 0 Å². The molecule has 8 nitrogen and oxygen atoms in total. The number of nitro benzene ring substituents is 1. The van der Waals surface area contributed by atoms with Gasteiger partial charge in [-0.1, -0.05) is 23.2 Å². The number of halogens is 2. The number of amides is 1. The molecule has 110 valence electrons. The molecule has 1 amide bonds. The van der Waals surface area contributed by atoms with Crippen LogP contribution in [0, 0.1) is 10.1 Å². The van der Waals surface area contributed by atoms with Crippen molar-refractivity contribution in [3.05, 3.63) is 37.6 Å². The smallest absolute Gasteiger partial charge is 0.314 e. The van der Waals surface area contributed by atoms with Gasteiger partial charge in [0.25, 0.3) is 5.91 Å². The van der Waals surface area contributed by atoms with Crippen molar-refractivity contribution < 1.29 is 14.5 Å². The minimum Gasteiger partial charge on any atom is -0.364 e. The molecule has 0 radical (unpaired) electrons. The molecule has 1 aromatic carbocycles. The molecule has 0 bridgehead atoms.